The third-order valence-corrected chi connectivity index (χ3v) is 10.2. The molecule has 0 heterocycles. The van der Waals surface area contributed by atoms with Gasteiger partial charge in [-0.2, -0.15) is 0 Å². The lowest BCUT2D eigenvalue weighted by molar-refractivity contribution is -0.385. The second-order valence-electron chi connectivity index (χ2n) is 11.0. The zero-order valence-electron chi connectivity index (χ0n) is 26.0. The summed E-state index contributed by atoms with van der Waals surface area (Å²) in [7, 11) is -8.82. The highest BCUT2D eigenvalue weighted by molar-refractivity contribution is 7.90. The number of aromatic hydroxyl groups is 1. The molecule has 6 aromatic carbocycles. The molecule has 258 valence electrons. The molecular formula is C34H26N6O9S2. The van der Waals surface area contributed by atoms with E-state index in [1.165, 1.54) is 54.6 Å². The molecule has 51 heavy (non-hydrogen) atoms. The number of fused-ring (bicyclic) bond motifs is 1. The molecule has 0 spiro atoms. The van der Waals surface area contributed by atoms with Crippen LogP contribution < -0.4 is 20.5 Å². The van der Waals surface area contributed by atoms with Gasteiger partial charge in [0.2, 0.25) is 0 Å². The number of anilines is 2. The second-order valence-corrected chi connectivity index (χ2v) is 14.3. The van der Waals surface area contributed by atoms with Crippen molar-refractivity contribution in [2.24, 2.45) is 0 Å². The van der Waals surface area contributed by atoms with Crippen LogP contribution in [0.4, 0.5) is 22.7 Å². The van der Waals surface area contributed by atoms with Gasteiger partial charge < -0.3 is 16.0 Å². The van der Waals surface area contributed by atoms with E-state index in [9.17, 15) is 42.2 Å². The zero-order chi connectivity index (χ0) is 36.3. The summed E-state index contributed by atoms with van der Waals surface area (Å²) >= 11 is 0. The summed E-state index contributed by atoms with van der Waals surface area (Å²) in [5.74, 6) is -0.620. The number of hydrazine groups is 2. The summed E-state index contributed by atoms with van der Waals surface area (Å²) in [5, 5.41) is 34.0. The molecule has 0 unspecified atom stereocenters. The van der Waals surface area contributed by atoms with Gasteiger partial charge in [0.05, 0.1) is 26.1 Å². The number of rotatable bonds is 12. The van der Waals surface area contributed by atoms with E-state index < -0.39 is 40.5 Å². The van der Waals surface area contributed by atoms with Crippen molar-refractivity contribution in [1.29, 1.82) is 0 Å². The lowest BCUT2D eigenvalue weighted by Crippen LogP contribution is -2.30. The fraction of sp³-hybridized carbons (Fsp3) is 0. The Hall–Kier alpha value is -6.40. The molecule has 0 aromatic heterocycles. The van der Waals surface area contributed by atoms with Crippen molar-refractivity contribution in [3.05, 3.63) is 148 Å². The molecule has 17 heteroatoms. The largest absolute Gasteiger partial charge is 0.507 e. The molecule has 0 aliphatic carbocycles. The Morgan fingerprint density at radius 1 is 0.529 bits per heavy atom. The lowest BCUT2D eigenvalue weighted by atomic mass is 10.0. The van der Waals surface area contributed by atoms with Crippen LogP contribution in [0.3, 0.4) is 0 Å². The van der Waals surface area contributed by atoms with Crippen molar-refractivity contribution in [3.8, 4) is 28.0 Å². The minimum absolute atomic E-state index is 0.150. The van der Waals surface area contributed by atoms with Gasteiger partial charge >= 0.3 is 0 Å². The molecule has 0 amide bonds. The summed E-state index contributed by atoms with van der Waals surface area (Å²) in [6, 6.07) is 31.0. The quantitative estimate of drug-likeness (QED) is 0.0694. The maximum Gasteiger partial charge on any atom is 0.270 e. The molecule has 6 aromatic rings. The topological polar surface area (TPSA) is 223 Å². The zero-order valence-corrected chi connectivity index (χ0v) is 27.7. The number of non-ortho nitro benzene ring substituents is 2. The molecule has 15 nitrogen and oxygen atoms in total. The molecule has 6 rings (SSSR count). The monoisotopic (exact) mass is 726 g/mol. The van der Waals surface area contributed by atoms with Gasteiger partial charge in [0.1, 0.15) is 10.6 Å². The van der Waals surface area contributed by atoms with Gasteiger partial charge in [-0.1, -0.05) is 66.7 Å². The first-order valence-corrected chi connectivity index (χ1v) is 17.8. The number of benzene rings is 6. The summed E-state index contributed by atoms with van der Waals surface area (Å²) in [4.78, 5) is 25.3. The number of phenolic OH excluding ortho intramolecular Hbond substituents is 1. The van der Waals surface area contributed by atoms with Crippen molar-refractivity contribution in [2.45, 2.75) is 9.79 Å². The Morgan fingerprint density at radius 3 is 1.51 bits per heavy atom. The van der Waals surface area contributed by atoms with E-state index in [0.29, 0.717) is 27.6 Å². The molecular weight excluding hydrogens is 701 g/mol. The van der Waals surface area contributed by atoms with Crippen molar-refractivity contribution in [1.82, 2.24) is 9.66 Å². The number of hydrogen-bond donors (Lipinski definition) is 5. The Kier molecular flexibility index (Phi) is 9.35. The van der Waals surface area contributed by atoms with Crippen LogP contribution in [0.15, 0.2) is 137 Å². The van der Waals surface area contributed by atoms with Gasteiger partial charge in [0.25, 0.3) is 31.4 Å². The standard InChI is InChI=1S/C34H26N6O9S2/c41-33-18-24-11-14-28(50(46,47)37-35-31-15-12-26(39(42)43)20-29(31)22-7-3-1-4-8-22)17-25(24)19-34(33)51(48,49)38-36-32-16-13-27(40(44)45)21-30(32)23-9-5-2-6-10-23/h1-21,35-38,41H. The van der Waals surface area contributed by atoms with Crippen LogP contribution >= 0.6 is 0 Å². The van der Waals surface area contributed by atoms with Crippen LogP contribution in [0.1, 0.15) is 0 Å². The number of nitro groups is 2. The summed E-state index contributed by atoms with van der Waals surface area (Å²) in [6.07, 6.45) is 0. The summed E-state index contributed by atoms with van der Waals surface area (Å²) in [5.41, 5.74) is 7.04. The number of hydrogen-bond acceptors (Lipinski definition) is 11. The predicted molar refractivity (Wildman–Crippen MR) is 191 cm³/mol. The van der Waals surface area contributed by atoms with Gasteiger partial charge in [-0.3, -0.25) is 20.2 Å². The van der Waals surface area contributed by atoms with Crippen molar-refractivity contribution < 1.29 is 31.8 Å². The number of sulfonamides is 2. The molecule has 0 radical (unpaired) electrons. The van der Waals surface area contributed by atoms with Crippen LogP contribution in [-0.2, 0) is 20.0 Å². The second kappa shape index (κ2) is 13.8. The maximum absolute atomic E-state index is 13.4. The Morgan fingerprint density at radius 2 is 1.02 bits per heavy atom. The van der Waals surface area contributed by atoms with E-state index >= 15 is 0 Å². The van der Waals surface area contributed by atoms with Crippen LogP contribution in [0.2, 0.25) is 0 Å². The molecule has 0 fully saturated rings. The molecule has 0 atom stereocenters. The van der Waals surface area contributed by atoms with E-state index in [0.717, 1.165) is 12.1 Å². The van der Waals surface area contributed by atoms with E-state index in [1.54, 1.807) is 60.7 Å². The minimum Gasteiger partial charge on any atom is -0.507 e. The van der Waals surface area contributed by atoms with E-state index in [2.05, 4.69) is 20.5 Å². The minimum atomic E-state index is -4.51. The average Bonchev–Trinajstić information content (AvgIpc) is 3.13. The smallest absolute Gasteiger partial charge is 0.270 e. The molecule has 5 N–H and O–H groups in total. The maximum atomic E-state index is 13.4. The first kappa shape index (κ1) is 34.5. The Balaban J connectivity index is 1.27. The third-order valence-electron chi connectivity index (χ3n) is 7.73. The van der Waals surface area contributed by atoms with Gasteiger partial charge in [-0.15, -0.1) is 9.66 Å². The molecule has 0 saturated heterocycles. The average molecular weight is 727 g/mol. The molecule has 0 aliphatic rings. The summed E-state index contributed by atoms with van der Waals surface area (Å²) < 4.78 is 53.6. The lowest BCUT2D eigenvalue weighted by Gasteiger charge is -2.15. The van der Waals surface area contributed by atoms with Crippen LogP contribution in [-0.4, -0.2) is 31.8 Å². The first-order chi connectivity index (χ1) is 24.3. The molecule has 0 saturated carbocycles. The van der Waals surface area contributed by atoms with Gasteiger partial charge in [0.15, 0.2) is 0 Å². The molecule has 0 aliphatic heterocycles. The highest BCUT2D eigenvalue weighted by Gasteiger charge is 2.23. The van der Waals surface area contributed by atoms with Gasteiger partial charge in [-0.05, 0) is 58.3 Å². The van der Waals surface area contributed by atoms with E-state index in [4.69, 9.17) is 0 Å². The highest BCUT2D eigenvalue weighted by atomic mass is 32.2. The summed E-state index contributed by atoms with van der Waals surface area (Å²) in [6.45, 7) is 0. The predicted octanol–water partition coefficient (Wildman–Crippen LogP) is 6.31. The van der Waals surface area contributed by atoms with Crippen LogP contribution in [0.5, 0.6) is 5.75 Å². The highest BCUT2D eigenvalue weighted by Crippen LogP contribution is 2.34. The third kappa shape index (κ3) is 7.46. The number of nitrogens with zero attached hydrogens (tertiary/aromatic N) is 2. The number of nitrogens with one attached hydrogen (secondary N) is 4. The van der Waals surface area contributed by atoms with Gasteiger partial charge in [-0.25, -0.2) is 16.8 Å². The Bertz CT molecular complexity index is 2540. The van der Waals surface area contributed by atoms with Crippen LogP contribution in [0.25, 0.3) is 33.0 Å². The van der Waals surface area contributed by atoms with Crippen molar-refractivity contribution >= 4 is 53.6 Å². The molecule has 0 bridgehead atoms. The van der Waals surface area contributed by atoms with E-state index in [1.807, 2.05) is 0 Å². The van der Waals surface area contributed by atoms with E-state index in [-0.39, 0.29) is 33.0 Å². The normalized spacial score (nSPS) is 11.6. The fourth-order valence-corrected chi connectivity index (χ4v) is 7.07. The fourth-order valence-electron chi connectivity index (χ4n) is 5.21. The Labute approximate surface area is 290 Å². The number of phenols is 1. The SMILES string of the molecule is O=[N+]([O-])c1ccc(NNS(=O)(=O)c2ccc3cc(O)c(S(=O)(=O)NNc4ccc([N+](=O)[O-])cc4-c4ccccc4)cc3c2)c(-c2ccccc2)c1. The van der Waals surface area contributed by atoms with Crippen molar-refractivity contribution in [2.75, 3.05) is 10.9 Å². The van der Waals surface area contributed by atoms with Gasteiger partial charge in [0, 0.05) is 35.4 Å². The first-order valence-electron chi connectivity index (χ1n) is 14.8. The number of nitro benzene ring substituents is 2. The van der Waals surface area contributed by atoms with Crippen molar-refractivity contribution in [3.63, 3.8) is 0 Å². The van der Waals surface area contributed by atoms with Crippen LogP contribution in [0, 0.1) is 20.2 Å².